The highest BCUT2D eigenvalue weighted by atomic mass is 16.5. The Morgan fingerprint density at radius 2 is 2.04 bits per heavy atom. The van der Waals surface area contributed by atoms with E-state index >= 15 is 0 Å². The maximum Gasteiger partial charge on any atom is 0.123 e. The Bertz CT molecular complexity index is 701. The molecule has 0 saturated carbocycles. The number of phenolic OH excluding ortho intramolecular Hbond substituents is 1. The van der Waals surface area contributed by atoms with Gasteiger partial charge in [0.25, 0.3) is 0 Å². The highest BCUT2D eigenvalue weighted by Gasteiger charge is 2.37. The predicted octanol–water partition coefficient (Wildman–Crippen LogP) is 3.10. The summed E-state index contributed by atoms with van der Waals surface area (Å²) in [6, 6.07) is 13.6. The van der Waals surface area contributed by atoms with Gasteiger partial charge in [-0.3, -0.25) is 0 Å². The van der Waals surface area contributed by atoms with Gasteiger partial charge in [-0.1, -0.05) is 37.3 Å². The van der Waals surface area contributed by atoms with Crippen molar-refractivity contribution in [3.8, 4) is 11.5 Å². The Kier molecular flexibility index (Phi) is 5.07. The van der Waals surface area contributed by atoms with Crippen molar-refractivity contribution in [2.24, 2.45) is 0 Å². The molecule has 0 spiro atoms. The summed E-state index contributed by atoms with van der Waals surface area (Å²) in [5.41, 5.74) is 2.82. The lowest BCUT2D eigenvalue weighted by Crippen LogP contribution is -2.43. The number of phenols is 1. The molecule has 4 nitrogen and oxygen atoms in total. The van der Waals surface area contributed by atoms with E-state index in [2.05, 4.69) is 17.4 Å². The van der Waals surface area contributed by atoms with Gasteiger partial charge >= 0.3 is 0 Å². The summed E-state index contributed by atoms with van der Waals surface area (Å²) in [5, 5.41) is 23.7. The van der Waals surface area contributed by atoms with Gasteiger partial charge in [0.2, 0.25) is 0 Å². The lowest BCUT2D eigenvalue weighted by atomic mass is 9.92. The van der Waals surface area contributed by atoms with Crippen molar-refractivity contribution in [1.29, 1.82) is 0 Å². The molecule has 2 aromatic rings. The van der Waals surface area contributed by atoms with Gasteiger partial charge in [-0.15, -0.1) is 0 Å². The molecule has 0 aliphatic heterocycles. The molecule has 1 aliphatic rings. The first-order valence-corrected chi connectivity index (χ1v) is 8.57. The third kappa shape index (κ3) is 3.25. The quantitative estimate of drug-likeness (QED) is 0.731. The summed E-state index contributed by atoms with van der Waals surface area (Å²) >= 11 is 0. The normalized spacial score (nSPS) is 19.2. The van der Waals surface area contributed by atoms with Crippen molar-refractivity contribution in [1.82, 2.24) is 5.32 Å². The van der Waals surface area contributed by atoms with E-state index in [9.17, 15) is 10.2 Å². The van der Waals surface area contributed by atoms with Crippen LogP contribution in [0.2, 0.25) is 0 Å². The van der Waals surface area contributed by atoms with Crippen LogP contribution in [0.5, 0.6) is 11.5 Å². The summed E-state index contributed by atoms with van der Waals surface area (Å²) in [4.78, 5) is 0. The van der Waals surface area contributed by atoms with Crippen LogP contribution in [-0.4, -0.2) is 23.4 Å². The summed E-state index contributed by atoms with van der Waals surface area (Å²) in [6.07, 6.45) is 2.75. The molecule has 2 aromatic carbocycles. The lowest BCUT2D eigenvalue weighted by Gasteiger charge is -2.30. The van der Waals surface area contributed by atoms with E-state index < -0.39 is 5.54 Å². The van der Waals surface area contributed by atoms with Gasteiger partial charge in [-0.05, 0) is 36.5 Å². The SMILES string of the molecule is CCCOc1ccc(CNC2(CO)CCc3ccccc32)c(O)c1. The molecule has 128 valence electrons. The molecule has 4 heteroatoms. The van der Waals surface area contributed by atoms with Gasteiger partial charge in [0.05, 0.1) is 18.8 Å². The topological polar surface area (TPSA) is 61.7 Å². The summed E-state index contributed by atoms with van der Waals surface area (Å²) < 4.78 is 5.54. The Morgan fingerprint density at radius 1 is 1.21 bits per heavy atom. The summed E-state index contributed by atoms with van der Waals surface area (Å²) in [7, 11) is 0. The van der Waals surface area contributed by atoms with E-state index in [-0.39, 0.29) is 12.4 Å². The van der Waals surface area contributed by atoms with Crippen molar-refractivity contribution in [3.63, 3.8) is 0 Å². The highest BCUT2D eigenvalue weighted by Crippen LogP contribution is 2.37. The van der Waals surface area contributed by atoms with Crippen LogP contribution in [0.4, 0.5) is 0 Å². The second-order valence-corrected chi connectivity index (χ2v) is 6.39. The molecule has 24 heavy (non-hydrogen) atoms. The minimum atomic E-state index is -0.430. The number of aliphatic hydroxyl groups is 1. The van der Waals surface area contributed by atoms with Gasteiger partial charge in [-0.2, -0.15) is 0 Å². The minimum absolute atomic E-state index is 0.0441. The van der Waals surface area contributed by atoms with Crippen LogP contribution in [0.3, 0.4) is 0 Å². The molecule has 0 amide bonds. The zero-order chi connectivity index (χ0) is 17.0. The van der Waals surface area contributed by atoms with Crippen molar-refractivity contribution in [2.45, 2.75) is 38.3 Å². The number of ether oxygens (including phenoxy) is 1. The Balaban J connectivity index is 1.73. The van der Waals surface area contributed by atoms with Gasteiger partial charge in [0.1, 0.15) is 11.5 Å². The van der Waals surface area contributed by atoms with Crippen molar-refractivity contribution in [2.75, 3.05) is 13.2 Å². The average molecular weight is 327 g/mol. The fraction of sp³-hybridized carbons (Fsp3) is 0.400. The first-order chi connectivity index (χ1) is 11.7. The number of fused-ring (bicyclic) bond motifs is 1. The van der Waals surface area contributed by atoms with Gasteiger partial charge in [0, 0.05) is 18.2 Å². The molecule has 3 N–H and O–H groups in total. The molecular weight excluding hydrogens is 302 g/mol. The predicted molar refractivity (Wildman–Crippen MR) is 94.3 cm³/mol. The van der Waals surface area contributed by atoms with Gasteiger partial charge in [0.15, 0.2) is 0 Å². The molecule has 0 bridgehead atoms. The second-order valence-electron chi connectivity index (χ2n) is 6.39. The van der Waals surface area contributed by atoms with Gasteiger partial charge < -0.3 is 20.3 Å². The van der Waals surface area contributed by atoms with Crippen LogP contribution in [-0.2, 0) is 18.5 Å². The van der Waals surface area contributed by atoms with E-state index in [0.717, 1.165) is 30.4 Å². The van der Waals surface area contributed by atoms with Crippen LogP contribution in [0.25, 0.3) is 0 Å². The third-order valence-electron chi connectivity index (χ3n) is 4.77. The lowest BCUT2D eigenvalue weighted by molar-refractivity contribution is 0.158. The number of hydrogen-bond donors (Lipinski definition) is 3. The smallest absolute Gasteiger partial charge is 0.123 e. The highest BCUT2D eigenvalue weighted by molar-refractivity contribution is 5.41. The van der Waals surface area contributed by atoms with E-state index in [1.807, 2.05) is 31.2 Å². The van der Waals surface area contributed by atoms with Crippen LogP contribution in [0.15, 0.2) is 42.5 Å². The number of aliphatic hydroxyl groups excluding tert-OH is 1. The van der Waals surface area contributed by atoms with E-state index in [1.54, 1.807) is 6.07 Å². The average Bonchev–Trinajstić information content (AvgIpc) is 2.98. The molecule has 0 radical (unpaired) electrons. The Hall–Kier alpha value is -2.04. The fourth-order valence-corrected chi connectivity index (χ4v) is 3.36. The number of hydrogen-bond acceptors (Lipinski definition) is 4. The largest absolute Gasteiger partial charge is 0.507 e. The van der Waals surface area contributed by atoms with Gasteiger partial charge in [-0.25, -0.2) is 0 Å². The van der Waals surface area contributed by atoms with Crippen LogP contribution in [0.1, 0.15) is 36.5 Å². The van der Waals surface area contributed by atoms with Crippen molar-refractivity contribution in [3.05, 3.63) is 59.2 Å². The van der Waals surface area contributed by atoms with Crippen LogP contribution >= 0.6 is 0 Å². The Labute approximate surface area is 143 Å². The fourth-order valence-electron chi connectivity index (χ4n) is 3.36. The molecule has 1 unspecified atom stereocenters. The standard InChI is InChI=1S/C20H25NO3/c1-2-11-24-17-8-7-16(19(23)12-17)13-21-20(14-22)10-9-15-5-3-4-6-18(15)20/h3-8,12,21-23H,2,9-11,13-14H2,1H3. The molecule has 1 aliphatic carbocycles. The number of aryl methyl sites for hydroxylation is 1. The number of aromatic hydroxyl groups is 1. The molecule has 3 rings (SSSR count). The van der Waals surface area contributed by atoms with E-state index in [1.165, 1.54) is 5.56 Å². The number of nitrogens with one attached hydrogen (secondary N) is 1. The maximum absolute atomic E-state index is 10.2. The monoisotopic (exact) mass is 327 g/mol. The zero-order valence-corrected chi connectivity index (χ0v) is 14.1. The van der Waals surface area contributed by atoms with Crippen LogP contribution in [0, 0.1) is 0 Å². The third-order valence-corrected chi connectivity index (χ3v) is 4.77. The van der Waals surface area contributed by atoms with E-state index in [0.29, 0.717) is 18.9 Å². The Morgan fingerprint density at radius 3 is 2.79 bits per heavy atom. The minimum Gasteiger partial charge on any atom is -0.507 e. The zero-order valence-electron chi connectivity index (χ0n) is 14.1. The van der Waals surface area contributed by atoms with Crippen molar-refractivity contribution >= 4 is 0 Å². The summed E-state index contributed by atoms with van der Waals surface area (Å²) in [6.45, 7) is 3.23. The number of rotatable bonds is 7. The molecule has 0 saturated heterocycles. The summed E-state index contributed by atoms with van der Waals surface area (Å²) in [5.74, 6) is 0.900. The van der Waals surface area contributed by atoms with E-state index in [4.69, 9.17) is 4.74 Å². The first kappa shape index (κ1) is 16.8. The molecule has 0 fully saturated rings. The molecule has 1 atom stereocenters. The molecular formula is C20H25NO3. The second kappa shape index (κ2) is 7.24. The van der Waals surface area contributed by atoms with Crippen LogP contribution < -0.4 is 10.1 Å². The maximum atomic E-state index is 10.2. The first-order valence-electron chi connectivity index (χ1n) is 8.57. The van der Waals surface area contributed by atoms with Crippen molar-refractivity contribution < 1.29 is 14.9 Å². The molecule has 0 aromatic heterocycles. The number of benzene rings is 2. The molecule has 0 heterocycles.